The van der Waals surface area contributed by atoms with E-state index in [2.05, 4.69) is 13.0 Å². The molecule has 3 heteroatoms. The van der Waals surface area contributed by atoms with Crippen LogP contribution in [0.3, 0.4) is 0 Å². The maximum atomic E-state index is 6.15. The summed E-state index contributed by atoms with van der Waals surface area (Å²) in [6.45, 7) is 4.24. The number of hydrogen-bond acceptors (Lipinski definition) is 2. The summed E-state index contributed by atoms with van der Waals surface area (Å²) in [5.41, 5.74) is 3.26. The SMILES string of the molecule is Cc1cc2c(o1)-c1c(oc3ccc(Cl)cc13)CC[C@H]2C. The van der Waals surface area contributed by atoms with E-state index in [1.807, 2.05) is 25.1 Å². The summed E-state index contributed by atoms with van der Waals surface area (Å²) >= 11 is 6.15. The molecule has 2 nitrogen and oxygen atoms in total. The van der Waals surface area contributed by atoms with Crippen LogP contribution in [0.1, 0.15) is 36.3 Å². The fourth-order valence-electron chi connectivity index (χ4n) is 3.14. The molecule has 0 N–H and O–H groups in total. The van der Waals surface area contributed by atoms with Gasteiger partial charge in [0.15, 0.2) is 0 Å². The van der Waals surface area contributed by atoms with Crippen molar-refractivity contribution in [2.24, 2.45) is 0 Å². The van der Waals surface area contributed by atoms with Gasteiger partial charge in [-0.15, -0.1) is 0 Å². The van der Waals surface area contributed by atoms with Gasteiger partial charge in [-0.3, -0.25) is 0 Å². The van der Waals surface area contributed by atoms with Crippen LogP contribution in [0.15, 0.2) is 33.1 Å². The Bertz CT molecular complexity index is 810. The van der Waals surface area contributed by atoms with Crippen LogP contribution < -0.4 is 0 Å². The highest BCUT2D eigenvalue weighted by Crippen LogP contribution is 2.45. The first-order valence-corrected chi connectivity index (χ1v) is 7.33. The molecular formula is C17H15ClO2. The Morgan fingerprint density at radius 2 is 2.05 bits per heavy atom. The first kappa shape index (κ1) is 12.1. The van der Waals surface area contributed by atoms with Crippen molar-refractivity contribution in [2.75, 3.05) is 0 Å². The molecule has 0 saturated carbocycles. The Morgan fingerprint density at radius 1 is 1.20 bits per heavy atom. The molecule has 1 aliphatic rings. The highest BCUT2D eigenvalue weighted by Gasteiger charge is 2.28. The van der Waals surface area contributed by atoms with E-state index in [-0.39, 0.29) is 0 Å². The van der Waals surface area contributed by atoms with Crippen LogP contribution in [0.25, 0.3) is 22.3 Å². The highest BCUT2D eigenvalue weighted by molar-refractivity contribution is 6.31. The second kappa shape index (κ2) is 4.16. The third-order valence-corrected chi connectivity index (χ3v) is 4.40. The van der Waals surface area contributed by atoms with Gasteiger partial charge in [-0.05, 0) is 43.5 Å². The monoisotopic (exact) mass is 286 g/mol. The zero-order valence-electron chi connectivity index (χ0n) is 11.5. The summed E-state index contributed by atoms with van der Waals surface area (Å²) in [7, 11) is 0. The van der Waals surface area contributed by atoms with Crippen LogP contribution in [0.4, 0.5) is 0 Å². The van der Waals surface area contributed by atoms with Crippen molar-refractivity contribution in [1.29, 1.82) is 0 Å². The molecule has 0 radical (unpaired) electrons. The molecule has 0 amide bonds. The lowest BCUT2D eigenvalue weighted by molar-refractivity contribution is 0.526. The number of benzene rings is 1. The maximum absolute atomic E-state index is 6.15. The molecular weight excluding hydrogens is 272 g/mol. The molecule has 1 atom stereocenters. The Labute approximate surface area is 122 Å². The average Bonchev–Trinajstić information content (AvgIpc) is 2.92. The van der Waals surface area contributed by atoms with Gasteiger partial charge in [-0.1, -0.05) is 18.5 Å². The Morgan fingerprint density at radius 3 is 2.90 bits per heavy atom. The number of halogens is 1. The molecule has 2 aromatic heterocycles. The van der Waals surface area contributed by atoms with Crippen molar-refractivity contribution >= 4 is 22.6 Å². The molecule has 2 heterocycles. The summed E-state index contributed by atoms with van der Waals surface area (Å²) in [6, 6.07) is 7.92. The van der Waals surface area contributed by atoms with E-state index in [1.54, 1.807) is 0 Å². The van der Waals surface area contributed by atoms with Gasteiger partial charge in [-0.25, -0.2) is 0 Å². The minimum atomic E-state index is 0.485. The molecule has 20 heavy (non-hydrogen) atoms. The molecule has 102 valence electrons. The van der Waals surface area contributed by atoms with E-state index in [0.29, 0.717) is 5.92 Å². The number of aryl methyl sites for hydroxylation is 2. The maximum Gasteiger partial charge on any atom is 0.141 e. The number of furan rings is 2. The lowest BCUT2D eigenvalue weighted by Gasteiger charge is -2.06. The summed E-state index contributed by atoms with van der Waals surface area (Å²) in [5, 5.41) is 1.78. The predicted octanol–water partition coefficient (Wildman–Crippen LogP) is 5.70. The number of hydrogen-bond donors (Lipinski definition) is 0. The van der Waals surface area contributed by atoms with E-state index >= 15 is 0 Å². The molecule has 1 aromatic carbocycles. The zero-order chi connectivity index (χ0) is 13.9. The summed E-state index contributed by atoms with van der Waals surface area (Å²) < 4.78 is 12.0. The van der Waals surface area contributed by atoms with E-state index in [0.717, 1.165) is 51.7 Å². The van der Waals surface area contributed by atoms with E-state index in [1.165, 1.54) is 5.56 Å². The van der Waals surface area contributed by atoms with Gasteiger partial charge in [-0.2, -0.15) is 0 Å². The molecule has 4 rings (SSSR count). The van der Waals surface area contributed by atoms with E-state index in [9.17, 15) is 0 Å². The largest absolute Gasteiger partial charge is 0.461 e. The normalized spacial score (nSPS) is 17.9. The topological polar surface area (TPSA) is 26.3 Å². The summed E-state index contributed by atoms with van der Waals surface area (Å²) in [6.07, 6.45) is 2.01. The van der Waals surface area contributed by atoms with Crippen LogP contribution in [-0.2, 0) is 6.42 Å². The quantitative estimate of drug-likeness (QED) is 0.529. The minimum Gasteiger partial charge on any atom is -0.461 e. The van der Waals surface area contributed by atoms with E-state index < -0.39 is 0 Å². The Hall–Kier alpha value is -1.67. The molecule has 0 unspecified atom stereocenters. The molecule has 0 fully saturated rings. The van der Waals surface area contributed by atoms with Crippen molar-refractivity contribution in [1.82, 2.24) is 0 Å². The molecule has 0 aliphatic heterocycles. The number of fused-ring (bicyclic) bond motifs is 5. The molecule has 0 bridgehead atoms. The lowest BCUT2D eigenvalue weighted by atomic mass is 9.98. The van der Waals surface area contributed by atoms with Gasteiger partial charge >= 0.3 is 0 Å². The van der Waals surface area contributed by atoms with E-state index in [4.69, 9.17) is 20.4 Å². The second-order valence-corrected chi connectivity index (χ2v) is 6.06. The molecule has 0 spiro atoms. The van der Waals surface area contributed by atoms with Crippen LogP contribution in [0.5, 0.6) is 0 Å². The smallest absolute Gasteiger partial charge is 0.141 e. The van der Waals surface area contributed by atoms with Crippen molar-refractivity contribution < 1.29 is 8.83 Å². The first-order valence-electron chi connectivity index (χ1n) is 6.95. The fraction of sp³-hybridized carbons (Fsp3) is 0.294. The summed E-state index contributed by atoms with van der Waals surface area (Å²) in [5.74, 6) is 3.41. The van der Waals surface area contributed by atoms with Crippen LogP contribution in [0.2, 0.25) is 5.02 Å². The average molecular weight is 287 g/mol. The lowest BCUT2D eigenvalue weighted by Crippen LogP contribution is -1.91. The second-order valence-electron chi connectivity index (χ2n) is 5.62. The van der Waals surface area contributed by atoms with Gasteiger partial charge in [0.25, 0.3) is 0 Å². The van der Waals surface area contributed by atoms with Gasteiger partial charge in [0, 0.05) is 22.4 Å². The number of rotatable bonds is 0. The highest BCUT2D eigenvalue weighted by atomic mass is 35.5. The molecule has 3 aromatic rings. The van der Waals surface area contributed by atoms with Gasteiger partial charge in [0.2, 0.25) is 0 Å². The van der Waals surface area contributed by atoms with Crippen LogP contribution in [-0.4, -0.2) is 0 Å². The summed E-state index contributed by atoms with van der Waals surface area (Å²) in [4.78, 5) is 0. The standard InChI is InChI=1S/C17H15ClO2/c1-9-3-5-15-16(17-12(9)7-10(2)19-17)13-8-11(18)4-6-14(13)20-15/h4,6-9H,3,5H2,1-2H3/t9-/m1/s1. The van der Waals surface area contributed by atoms with Crippen molar-refractivity contribution in [3.05, 3.63) is 46.4 Å². The zero-order valence-corrected chi connectivity index (χ0v) is 12.3. The Balaban J connectivity index is 2.10. The van der Waals surface area contributed by atoms with Crippen molar-refractivity contribution in [2.45, 2.75) is 32.6 Å². The Kier molecular flexibility index (Phi) is 2.52. The third-order valence-electron chi connectivity index (χ3n) is 4.17. The molecule has 1 aliphatic carbocycles. The van der Waals surface area contributed by atoms with Crippen LogP contribution >= 0.6 is 11.6 Å². The van der Waals surface area contributed by atoms with Crippen LogP contribution in [0, 0.1) is 6.92 Å². The molecule has 0 saturated heterocycles. The van der Waals surface area contributed by atoms with Crippen molar-refractivity contribution in [3.8, 4) is 11.3 Å². The fourth-order valence-corrected chi connectivity index (χ4v) is 3.32. The third kappa shape index (κ3) is 1.64. The first-order chi connectivity index (χ1) is 9.63. The van der Waals surface area contributed by atoms with Gasteiger partial charge in [0.1, 0.15) is 22.9 Å². The van der Waals surface area contributed by atoms with Gasteiger partial charge in [0.05, 0.1) is 5.56 Å². The minimum absolute atomic E-state index is 0.485. The predicted molar refractivity (Wildman–Crippen MR) is 80.4 cm³/mol. The van der Waals surface area contributed by atoms with Gasteiger partial charge < -0.3 is 8.83 Å². The van der Waals surface area contributed by atoms with Crippen molar-refractivity contribution in [3.63, 3.8) is 0 Å².